The molecule has 0 saturated heterocycles. The number of aliphatic hydroxyl groups excluding tert-OH is 2. The number of nitrogens with two attached hydrogens (primary N) is 1. The highest BCUT2D eigenvalue weighted by atomic mass is 35.5. The van der Waals surface area contributed by atoms with Gasteiger partial charge in [0.25, 0.3) is 0 Å². The van der Waals surface area contributed by atoms with E-state index in [-0.39, 0.29) is 25.6 Å². The number of hydrogen-bond donors (Lipinski definition) is 3. The Hall–Kier alpha value is -0.970. The maximum atomic E-state index is 8.99. The van der Waals surface area contributed by atoms with Crippen LogP contribution in [0.1, 0.15) is 0 Å². The van der Waals surface area contributed by atoms with Crippen molar-refractivity contribution in [3.8, 4) is 5.75 Å². The lowest BCUT2D eigenvalue weighted by Crippen LogP contribution is -2.21. The van der Waals surface area contributed by atoms with Crippen LogP contribution in [-0.2, 0) is 0 Å². The average molecular weight is 220 g/mol. The number of para-hydroxylation sites is 2. The Kier molecular flexibility index (Phi) is 6.03. The van der Waals surface area contributed by atoms with Gasteiger partial charge in [0.1, 0.15) is 18.5 Å². The second-order valence-electron chi connectivity index (χ2n) is 2.69. The monoisotopic (exact) mass is 219 g/mol. The molecule has 5 heteroatoms. The lowest BCUT2D eigenvalue weighted by atomic mass is 10.3. The first-order valence-electron chi connectivity index (χ1n) is 4.00. The van der Waals surface area contributed by atoms with Crippen molar-refractivity contribution in [3.05, 3.63) is 24.3 Å². The molecule has 0 aromatic heterocycles. The molecule has 1 atom stereocenters. The smallest absolute Gasteiger partial charge is 0.142 e. The van der Waals surface area contributed by atoms with Crippen molar-refractivity contribution in [1.82, 2.24) is 0 Å². The van der Waals surface area contributed by atoms with Crippen LogP contribution in [0.2, 0.25) is 0 Å². The lowest BCUT2D eigenvalue weighted by Gasteiger charge is -2.10. The number of rotatable bonds is 4. The predicted octanol–water partition coefficient (Wildman–Crippen LogP) is 0.423. The van der Waals surface area contributed by atoms with Gasteiger partial charge in [-0.15, -0.1) is 12.4 Å². The Labute approximate surface area is 88.7 Å². The van der Waals surface area contributed by atoms with Crippen molar-refractivity contribution >= 4 is 18.1 Å². The molecule has 1 rings (SSSR count). The normalized spacial score (nSPS) is 11.6. The fraction of sp³-hybridized carbons (Fsp3) is 0.333. The van der Waals surface area contributed by atoms with Gasteiger partial charge in [0.2, 0.25) is 0 Å². The summed E-state index contributed by atoms with van der Waals surface area (Å²) in [7, 11) is 0. The summed E-state index contributed by atoms with van der Waals surface area (Å²) in [5.74, 6) is 0.523. The van der Waals surface area contributed by atoms with E-state index in [1.54, 1.807) is 24.3 Å². The van der Waals surface area contributed by atoms with Crippen LogP contribution < -0.4 is 10.5 Å². The molecule has 14 heavy (non-hydrogen) atoms. The Morgan fingerprint density at radius 2 is 2.00 bits per heavy atom. The van der Waals surface area contributed by atoms with Crippen LogP contribution in [0.15, 0.2) is 24.3 Å². The quantitative estimate of drug-likeness (QED) is 0.642. The number of anilines is 1. The van der Waals surface area contributed by atoms with E-state index in [0.29, 0.717) is 11.4 Å². The number of halogens is 1. The first-order chi connectivity index (χ1) is 6.24. The van der Waals surface area contributed by atoms with E-state index in [0.717, 1.165) is 0 Å². The zero-order chi connectivity index (χ0) is 9.68. The molecule has 0 amide bonds. The molecule has 0 aliphatic rings. The summed E-state index contributed by atoms with van der Waals surface area (Å²) in [4.78, 5) is 0. The Bertz CT molecular complexity index is 270. The van der Waals surface area contributed by atoms with Crippen molar-refractivity contribution < 1.29 is 14.9 Å². The first-order valence-corrected chi connectivity index (χ1v) is 4.00. The van der Waals surface area contributed by atoms with Crippen LogP contribution in [0.25, 0.3) is 0 Å². The lowest BCUT2D eigenvalue weighted by molar-refractivity contribution is 0.0538. The van der Waals surface area contributed by atoms with Gasteiger partial charge in [-0.25, -0.2) is 0 Å². The van der Waals surface area contributed by atoms with Crippen LogP contribution in [-0.4, -0.2) is 29.5 Å². The molecular formula is C9H14ClNO3. The highest BCUT2D eigenvalue weighted by Crippen LogP contribution is 2.19. The average Bonchev–Trinajstić information content (AvgIpc) is 2.16. The van der Waals surface area contributed by atoms with Crippen LogP contribution in [0.5, 0.6) is 5.75 Å². The van der Waals surface area contributed by atoms with Crippen molar-refractivity contribution in [2.24, 2.45) is 0 Å². The van der Waals surface area contributed by atoms with E-state index in [2.05, 4.69) is 0 Å². The van der Waals surface area contributed by atoms with Crippen molar-refractivity contribution in [1.29, 1.82) is 0 Å². The molecule has 0 spiro atoms. The van der Waals surface area contributed by atoms with Gasteiger partial charge in [-0.05, 0) is 12.1 Å². The SMILES string of the molecule is Cl.Nc1ccccc1OCC(O)CO. The maximum Gasteiger partial charge on any atom is 0.142 e. The summed E-state index contributed by atoms with van der Waals surface area (Å²) >= 11 is 0. The summed E-state index contributed by atoms with van der Waals surface area (Å²) in [5, 5.41) is 17.5. The van der Waals surface area contributed by atoms with Gasteiger partial charge >= 0.3 is 0 Å². The standard InChI is InChI=1S/C9H13NO3.ClH/c10-8-3-1-2-4-9(8)13-6-7(12)5-11;/h1-4,7,11-12H,5-6,10H2;1H. The van der Waals surface area contributed by atoms with Crippen LogP contribution in [0.3, 0.4) is 0 Å². The Morgan fingerprint density at radius 3 is 2.57 bits per heavy atom. The molecule has 1 aromatic carbocycles. The fourth-order valence-electron chi connectivity index (χ4n) is 0.851. The van der Waals surface area contributed by atoms with E-state index in [1.807, 2.05) is 0 Å². The van der Waals surface area contributed by atoms with Gasteiger partial charge in [-0.3, -0.25) is 0 Å². The fourth-order valence-corrected chi connectivity index (χ4v) is 0.851. The molecule has 1 unspecified atom stereocenters. The van der Waals surface area contributed by atoms with Crippen molar-refractivity contribution in [2.75, 3.05) is 18.9 Å². The van der Waals surface area contributed by atoms with Gasteiger partial charge in [-0.2, -0.15) is 0 Å². The number of aliphatic hydroxyl groups is 2. The zero-order valence-corrected chi connectivity index (χ0v) is 8.41. The molecule has 4 nitrogen and oxygen atoms in total. The summed E-state index contributed by atoms with van der Waals surface area (Å²) in [5.41, 5.74) is 6.10. The Morgan fingerprint density at radius 1 is 1.36 bits per heavy atom. The van der Waals surface area contributed by atoms with Gasteiger partial charge < -0.3 is 20.7 Å². The molecule has 80 valence electrons. The molecule has 0 heterocycles. The predicted molar refractivity (Wildman–Crippen MR) is 56.7 cm³/mol. The molecule has 0 saturated carbocycles. The van der Waals surface area contributed by atoms with Crippen molar-refractivity contribution in [3.63, 3.8) is 0 Å². The van der Waals surface area contributed by atoms with Gasteiger partial charge in [-0.1, -0.05) is 12.1 Å². The van der Waals surface area contributed by atoms with Crippen LogP contribution in [0, 0.1) is 0 Å². The summed E-state index contributed by atoms with van der Waals surface area (Å²) in [6, 6.07) is 7.00. The van der Waals surface area contributed by atoms with Gasteiger partial charge in [0.05, 0.1) is 12.3 Å². The van der Waals surface area contributed by atoms with E-state index >= 15 is 0 Å². The minimum absolute atomic E-state index is 0. The third-order valence-electron chi connectivity index (χ3n) is 1.56. The highest BCUT2D eigenvalue weighted by molar-refractivity contribution is 5.85. The van der Waals surface area contributed by atoms with E-state index in [1.165, 1.54) is 0 Å². The van der Waals surface area contributed by atoms with Crippen molar-refractivity contribution in [2.45, 2.75) is 6.10 Å². The van der Waals surface area contributed by atoms with E-state index in [9.17, 15) is 0 Å². The van der Waals surface area contributed by atoms with E-state index in [4.69, 9.17) is 20.7 Å². The van der Waals surface area contributed by atoms with Gasteiger partial charge in [0.15, 0.2) is 0 Å². The minimum Gasteiger partial charge on any atom is -0.489 e. The summed E-state index contributed by atoms with van der Waals surface area (Å²) in [6.07, 6.45) is -0.861. The zero-order valence-electron chi connectivity index (χ0n) is 7.59. The molecule has 0 aliphatic carbocycles. The third kappa shape index (κ3) is 3.83. The molecule has 4 N–H and O–H groups in total. The topological polar surface area (TPSA) is 75.7 Å². The number of benzene rings is 1. The molecule has 1 aromatic rings. The highest BCUT2D eigenvalue weighted by Gasteiger charge is 2.04. The van der Waals surface area contributed by atoms with Crippen LogP contribution in [0.4, 0.5) is 5.69 Å². The molecule has 0 aliphatic heterocycles. The summed E-state index contributed by atoms with van der Waals surface area (Å²) in [6.45, 7) is -0.266. The second kappa shape index (κ2) is 6.48. The molecular weight excluding hydrogens is 206 g/mol. The Balaban J connectivity index is 0.00000169. The van der Waals surface area contributed by atoms with Gasteiger partial charge in [0, 0.05) is 0 Å². The number of hydrogen-bond acceptors (Lipinski definition) is 4. The first kappa shape index (κ1) is 13.0. The maximum absolute atomic E-state index is 8.99. The second-order valence-corrected chi connectivity index (χ2v) is 2.69. The summed E-state index contributed by atoms with van der Waals surface area (Å²) < 4.78 is 5.15. The largest absolute Gasteiger partial charge is 0.489 e. The number of nitrogen functional groups attached to an aromatic ring is 1. The van der Waals surface area contributed by atoms with Crippen LogP contribution >= 0.6 is 12.4 Å². The molecule has 0 bridgehead atoms. The number of ether oxygens (including phenoxy) is 1. The minimum atomic E-state index is -0.861. The van der Waals surface area contributed by atoms with E-state index < -0.39 is 6.10 Å². The molecule has 0 radical (unpaired) electrons. The third-order valence-corrected chi connectivity index (χ3v) is 1.56. The molecule has 0 fully saturated rings.